The lowest BCUT2D eigenvalue weighted by Gasteiger charge is -2.03. The summed E-state index contributed by atoms with van der Waals surface area (Å²) in [5.41, 5.74) is 0.640. The maximum atomic E-state index is 11.9. The highest BCUT2D eigenvalue weighted by Crippen LogP contribution is 2.04. The Morgan fingerprint density at radius 2 is 2.12 bits per heavy atom. The second-order valence-electron chi connectivity index (χ2n) is 3.52. The standard InChI is InChI=1S/C10H11IN4O2/c1-3-7-13-14-8(17-7)4-15-5-12-6(2)9(11)10(15)16/h5H,3-4H2,1-2H3. The molecular formula is C10H11IN4O2. The van der Waals surface area contributed by atoms with Crippen LogP contribution in [-0.4, -0.2) is 19.7 Å². The average Bonchev–Trinajstić information content (AvgIpc) is 2.78. The molecule has 0 spiro atoms. The quantitative estimate of drug-likeness (QED) is 0.780. The molecule has 0 radical (unpaired) electrons. The van der Waals surface area contributed by atoms with Gasteiger partial charge in [0.25, 0.3) is 5.56 Å². The van der Waals surface area contributed by atoms with Crippen LogP contribution in [0.2, 0.25) is 0 Å². The van der Waals surface area contributed by atoms with Crippen LogP contribution in [0.1, 0.15) is 24.4 Å². The Kier molecular flexibility index (Phi) is 3.55. The highest BCUT2D eigenvalue weighted by atomic mass is 127. The lowest BCUT2D eigenvalue weighted by molar-refractivity contribution is 0.438. The second-order valence-corrected chi connectivity index (χ2v) is 4.60. The Bertz CT molecular complexity index is 590. The van der Waals surface area contributed by atoms with E-state index < -0.39 is 0 Å². The first kappa shape index (κ1) is 12.2. The monoisotopic (exact) mass is 346 g/mol. The van der Waals surface area contributed by atoms with Crippen molar-refractivity contribution in [2.24, 2.45) is 0 Å². The molecule has 7 heteroatoms. The van der Waals surface area contributed by atoms with Gasteiger partial charge in [-0.15, -0.1) is 10.2 Å². The number of rotatable bonds is 3. The summed E-state index contributed by atoms with van der Waals surface area (Å²) in [7, 11) is 0. The fraction of sp³-hybridized carbons (Fsp3) is 0.400. The summed E-state index contributed by atoms with van der Waals surface area (Å²) in [5.74, 6) is 0.994. The lowest BCUT2D eigenvalue weighted by Crippen LogP contribution is -2.24. The molecule has 0 unspecified atom stereocenters. The normalized spacial score (nSPS) is 10.8. The van der Waals surface area contributed by atoms with Crippen molar-refractivity contribution in [3.8, 4) is 0 Å². The molecule has 2 heterocycles. The van der Waals surface area contributed by atoms with Gasteiger partial charge in [0.1, 0.15) is 6.54 Å². The van der Waals surface area contributed by atoms with Crippen LogP contribution in [0.4, 0.5) is 0 Å². The van der Waals surface area contributed by atoms with Crippen LogP contribution < -0.4 is 5.56 Å². The zero-order chi connectivity index (χ0) is 12.4. The number of hydrogen-bond acceptors (Lipinski definition) is 5. The first-order valence-electron chi connectivity index (χ1n) is 5.14. The molecule has 2 aromatic rings. The number of aryl methyl sites for hydroxylation is 2. The van der Waals surface area contributed by atoms with Gasteiger partial charge >= 0.3 is 0 Å². The highest BCUT2D eigenvalue weighted by molar-refractivity contribution is 14.1. The molecule has 0 fully saturated rings. The maximum absolute atomic E-state index is 11.9. The van der Waals surface area contributed by atoms with Crippen molar-refractivity contribution in [1.82, 2.24) is 19.7 Å². The van der Waals surface area contributed by atoms with Gasteiger partial charge < -0.3 is 4.42 Å². The maximum Gasteiger partial charge on any atom is 0.267 e. The fourth-order valence-corrected chi connectivity index (χ4v) is 1.75. The van der Waals surface area contributed by atoms with Crippen LogP contribution in [0.3, 0.4) is 0 Å². The predicted molar refractivity (Wildman–Crippen MR) is 68.7 cm³/mol. The van der Waals surface area contributed by atoms with Gasteiger partial charge in [0.15, 0.2) is 0 Å². The molecule has 0 aromatic carbocycles. The third-order valence-corrected chi connectivity index (χ3v) is 3.52. The van der Waals surface area contributed by atoms with E-state index in [0.29, 0.717) is 21.8 Å². The van der Waals surface area contributed by atoms with Crippen molar-refractivity contribution in [3.05, 3.63) is 37.7 Å². The largest absolute Gasteiger partial charge is 0.423 e. The lowest BCUT2D eigenvalue weighted by atomic mass is 10.4. The Morgan fingerprint density at radius 1 is 1.41 bits per heavy atom. The summed E-state index contributed by atoms with van der Waals surface area (Å²) in [6.45, 7) is 3.99. The molecule has 0 amide bonds. The van der Waals surface area contributed by atoms with E-state index in [0.717, 1.165) is 5.69 Å². The first-order valence-corrected chi connectivity index (χ1v) is 6.22. The summed E-state index contributed by atoms with van der Waals surface area (Å²) in [5, 5.41) is 7.72. The molecule has 6 nitrogen and oxygen atoms in total. The first-order chi connectivity index (χ1) is 8.11. The molecule has 0 bridgehead atoms. The number of aromatic nitrogens is 4. The van der Waals surface area contributed by atoms with E-state index in [2.05, 4.69) is 15.2 Å². The minimum Gasteiger partial charge on any atom is -0.423 e. The van der Waals surface area contributed by atoms with Crippen molar-refractivity contribution in [2.45, 2.75) is 26.8 Å². The molecule has 2 rings (SSSR count). The van der Waals surface area contributed by atoms with E-state index in [1.54, 1.807) is 6.92 Å². The summed E-state index contributed by atoms with van der Waals surface area (Å²) in [6, 6.07) is 0. The summed E-state index contributed by atoms with van der Waals surface area (Å²) < 4.78 is 7.42. The number of nitrogens with zero attached hydrogens (tertiary/aromatic N) is 4. The van der Waals surface area contributed by atoms with Crippen LogP contribution in [0.15, 0.2) is 15.5 Å². The van der Waals surface area contributed by atoms with E-state index in [1.807, 2.05) is 29.5 Å². The Balaban J connectivity index is 2.30. The zero-order valence-corrected chi connectivity index (χ0v) is 11.6. The fourth-order valence-electron chi connectivity index (χ4n) is 1.30. The van der Waals surface area contributed by atoms with E-state index in [1.165, 1.54) is 10.9 Å². The second kappa shape index (κ2) is 4.94. The topological polar surface area (TPSA) is 73.8 Å². The molecule has 0 aliphatic rings. The Hall–Kier alpha value is -1.25. The van der Waals surface area contributed by atoms with Crippen molar-refractivity contribution < 1.29 is 4.42 Å². The molecular weight excluding hydrogens is 335 g/mol. The number of halogens is 1. The van der Waals surface area contributed by atoms with Gasteiger partial charge in [0.2, 0.25) is 11.8 Å². The van der Waals surface area contributed by atoms with Crippen LogP contribution in [-0.2, 0) is 13.0 Å². The molecule has 90 valence electrons. The van der Waals surface area contributed by atoms with Gasteiger partial charge in [-0.2, -0.15) is 0 Å². The Labute approximate surface area is 111 Å². The minimum atomic E-state index is -0.0886. The summed E-state index contributed by atoms with van der Waals surface area (Å²) >= 11 is 1.99. The Morgan fingerprint density at radius 3 is 2.76 bits per heavy atom. The molecule has 0 N–H and O–H groups in total. The van der Waals surface area contributed by atoms with Gasteiger partial charge in [-0.1, -0.05) is 6.92 Å². The van der Waals surface area contributed by atoms with Crippen LogP contribution >= 0.6 is 22.6 Å². The SMILES string of the molecule is CCc1nnc(Cn2cnc(C)c(I)c2=O)o1. The molecule has 0 aliphatic heterocycles. The van der Waals surface area contributed by atoms with Crippen molar-refractivity contribution in [1.29, 1.82) is 0 Å². The average molecular weight is 346 g/mol. The van der Waals surface area contributed by atoms with Crippen molar-refractivity contribution >= 4 is 22.6 Å². The van der Waals surface area contributed by atoms with E-state index in [-0.39, 0.29) is 12.1 Å². The molecule has 0 aliphatic carbocycles. The number of hydrogen-bond donors (Lipinski definition) is 0. The summed E-state index contributed by atoms with van der Waals surface area (Å²) in [4.78, 5) is 16.0. The minimum absolute atomic E-state index is 0.0886. The van der Waals surface area contributed by atoms with Crippen LogP contribution in [0.25, 0.3) is 0 Å². The highest BCUT2D eigenvalue weighted by Gasteiger charge is 2.09. The van der Waals surface area contributed by atoms with Gasteiger partial charge in [-0.25, -0.2) is 4.98 Å². The van der Waals surface area contributed by atoms with Gasteiger partial charge in [-0.05, 0) is 29.5 Å². The van der Waals surface area contributed by atoms with E-state index >= 15 is 0 Å². The van der Waals surface area contributed by atoms with Crippen molar-refractivity contribution in [3.63, 3.8) is 0 Å². The van der Waals surface area contributed by atoms with E-state index in [4.69, 9.17) is 4.42 Å². The zero-order valence-electron chi connectivity index (χ0n) is 9.47. The molecule has 0 atom stereocenters. The molecule has 0 saturated heterocycles. The third kappa shape index (κ3) is 2.54. The third-order valence-electron chi connectivity index (χ3n) is 2.27. The van der Waals surface area contributed by atoms with Crippen LogP contribution in [0.5, 0.6) is 0 Å². The van der Waals surface area contributed by atoms with Gasteiger partial charge in [-0.3, -0.25) is 9.36 Å². The summed E-state index contributed by atoms with van der Waals surface area (Å²) in [6.07, 6.45) is 2.18. The van der Waals surface area contributed by atoms with Crippen LogP contribution in [0, 0.1) is 10.5 Å². The molecule has 0 saturated carbocycles. The van der Waals surface area contributed by atoms with E-state index in [9.17, 15) is 4.79 Å². The molecule has 17 heavy (non-hydrogen) atoms. The van der Waals surface area contributed by atoms with Gasteiger partial charge in [0.05, 0.1) is 15.6 Å². The molecule has 2 aromatic heterocycles. The predicted octanol–water partition coefficient (Wildman–Crippen LogP) is 1.15. The van der Waals surface area contributed by atoms with Crippen molar-refractivity contribution in [2.75, 3.05) is 0 Å². The van der Waals surface area contributed by atoms with Gasteiger partial charge in [0, 0.05) is 6.42 Å². The smallest absolute Gasteiger partial charge is 0.267 e.